The fourth-order valence-corrected chi connectivity index (χ4v) is 7.91. The van der Waals surface area contributed by atoms with Crippen LogP contribution < -0.4 is 10.6 Å². The van der Waals surface area contributed by atoms with Crippen LogP contribution in [0.1, 0.15) is 45.6 Å². The topological polar surface area (TPSA) is 402 Å². The molecule has 0 saturated carbocycles. The number of fused-ring (bicyclic) bond motifs is 1. The molecule has 3 aromatic rings. The summed E-state index contributed by atoms with van der Waals surface area (Å²) in [6, 6.07) is 2.85. The van der Waals surface area contributed by atoms with Crippen molar-refractivity contribution in [2.24, 2.45) is 0 Å². The molecule has 2 saturated heterocycles. The summed E-state index contributed by atoms with van der Waals surface area (Å²) in [5.74, 6) is -0.209. The standard InChI is InChI=1S/C11H16N4O12P3.C9H14N3O7P.C3H7.C2H5.2Y/c12-10-6-1-2-15(11(6)14-5-13-10)9-3-7(16)8(25-9)4-24-29(20,21)27-30(22,23)26-28(17,18)19;10-7-1-2-12(9(14)11-7)8-3-5(13)6(19-8)4-18-20(15,16)17;1-3-2;1-2;;/h1-2,5,7-9,16H,3-4H2,(H5-,12,13,14,17,18,19,20,21,22,23);1-2,5-6,8,13H,3-4H2,(H4,10,11,14,15,16,17);1,3H2,2H3;1H2,2H3;;/q-1;;2*-1;;/p-2/t7?,8-,9-;5?,6-,8-;;;;/m11..../s1. The molecule has 0 spiro atoms. The summed E-state index contributed by atoms with van der Waals surface area (Å²) in [7, 11) is -21.4. The SMILES string of the molecule is [CH2-]C.[CH2-]CC.[NH-]c1ccn([C@H]2CC(O)[C@@H](COP(=O)([O-])O)O2)c(=O)n1.[NH-]c1ncnc2c1ccn2[C@H]1CC(O)[C@@H](COP(=O)(O)OP(=O)(O)OP(=O)(O)O)O1.[Y].[Y]. The van der Waals surface area contributed by atoms with Gasteiger partial charge in [0.2, 0.25) is 5.69 Å². The van der Waals surface area contributed by atoms with Crippen molar-refractivity contribution in [3.8, 4) is 0 Å². The van der Waals surface area contributed by atoms with Crippen LogP contribution in [0, 0.1) is 13.8 Å². The summed E-state index contributed by atoms with van der Waals surface area (Å²) in [6.07, 6.45) is -0.961. The number of nitrogens with zero attached hydrogens (tertiary/aromatic N) is 5. The van der Waals surface area contributed by atoms with Crippen molar-refractivity contribution in [3.63, 3.8) is 0 Å². The van der Waals surface area contributed by atoms with Gasteiger partial charge in [0.25, 0.3) is 7.82 Å². The van der Waals surface area contributed by atoms with E-state index < -0.39 is 87.1 Å². The molecule has 3 aromatic heterocycles. The Morgan fingerprint density at radius 2 is 1.35 bits per heavy atom. The van der Waals surface area contributed by atoms with E-state index in [1.165, 1.54) is 23.2 Å². The summed E-state index contributed by atoms with van der Waals surface area (Å²) < 4.78 is 73.4. The first-order valence-electron chi connectivity index (χ1n) is 15.4. The fraction of sp³-hybridized carbons (Fsp3) is 0.520. The number of hydrogen-bond donors (Lipinski definition) is 7. The van der Waals surface area contributed by atoms with E-state index >= 15 is 0 Å². The first-order chi connectivity index (χ1) is 25.4. The smallest absolute Gasteiger partial charge is 0.490 e. The van der Waals surface area contributed by atoms with E-state index in [0.717, 1.165) is 11.0 Å². The fourth-order valence-electron chi connectivity index (χ4n) is 4.55. The third-order valence-electron chi connectivity index (χ3n) is 6.59. The van der Waals surface area contributed by atoms with Gasteiger partial charge < -0.3 is 93.4 Å². The second kappa shape index (κ2) is 24.9. The van der Waals surface area contributed by atoms with Gasteiger partial charge in [-0.2, -0.15) is 22.0 Å². The molecule has 0 aliphatic carbocycles. The maximum absolute atomic E-state index is 11.8. The number of aliphatic hydroxyl groups is 2. The molecule has 5 unspecified atom stereocenters. The van der Waals surface area contributed by atoms with E-state index in [9.17, 15) is 43.1 Å². The van der Waals surface area contributed by atoms with E-state index in [0.29, 0.717) is 11.0 Å². The van der Waals surface area contributed by atoms with Crippen LogP contribution in [-0.2, 0) is 111 Å². The largest absolute Gasteiger partial charge is 0.756 e. The van der Waals surface area contributed by atoms with Crippen LogP contribution in [0.15, 0.2) is 35.6 Å². The van der Waals surface area contributed by atoms with Gasteiger partial charge in [0.15, 0.2) is 0 Å². The summed E-state index contributed by atoms with van der Waals surface area (Å²) in [6.45, 7) is 9.16. The number of rotatable bonds is 12. The molecule has 0 bridgehead atoms. The minimum Gasteiger partial charge on any atom is -0.756 e. The number of phosphoric acid groups is 4. The van der Waals surface area contributed by atoms with E-state index in [2.05, 4.69) is 46.5 Å². The van der Waals surface area contributed by atoms with E-state index in [1.54, 1.807) is 19.2 Å². The molecule has 320 valence electrons. The van der Waals surface area contributed by atoms with Gasteiger partial charge >= 0.3 is 23.5 Å². The second-order valence-corrected chi connectivity index (χ2v) is 16.3. The molecule has 0 amide bonds. The Kier molecular flexibility index (Phi) is 24.8. The minimum absolute atomic E-state index is 0. The third-order valence-corrected chi connectivity index (χ3v) is 10.9. The van der Waals surface area contributed by atoms with Gasteiger partial charge in [-0.3, -0.25) is 18.5 Å². The molecule has 5 rings (SSSR count). The molecule has 2 aliphatic heterocycles. The van der Waals surface area contributed by atoms with Gasteiger partial charge in [-0.05, 0) is 12.1 Å². The summed E-state index contributed by atoms with van der Waals surface area (Å²) in [5.41, 5.74) is 14.6. The van der Waals surface area contributed by atoms with Crippen molar-refractivity contribution >= 4 is 54.0 Å². The molecule has 9 N–H and O–H groups in total. The van der Waals surface area contributed by atoms with Gasteiger partial charge in [0, 0.05) is 102 Å². The number of aromatic nitrogens is 5. The first-order valence-corrected chi connectivity index (χ1v) is 21.4. The first kappa shape index (κ1) is 56.7. The Labute approximate surface area is 375 Å². The molecule has 2 aliphatic rings. The number of phosphoric ester groups is 2. The van der Waals surface area contributed by atoms with Crippen LogP contribution in [-0.4, -0.2) is 96.4 Å². The quantitative estimate of drug-likeness (QED) is 0.101. The Bertz CT molecular complexity index is 1950. The van der Waals surface area contributed by atoms with Crippen molar-refractivity contribution in [1.29, 1.82) is 0 Å². The number of ether oxygens (including phenoxy) is 2. The van der Waals surface area contributed by atoms with Crippen molar-refractivity contribution in [3.05, 3.63) is 66.7 Å². The molecule has 2 fully saturated rings. The summed E-state index contributed by atoms with van der Waals surface area (Å²) in [4.78, 5) is 77.3. The monoisotopic (exact) mass is 1040 g/mol. The number of aliphatic hydroxyl groups excluding tert-OH is 2. The molecule has 32 heteroatoms. The van der Waals surface area contributed by atoms with Gasteiger partial charge in [-0.1, -0.05) is 18.6 Å². The molecule has 9 atom stereocenters. The van der Waals surface area contributed by atoms with Crippen LogP contribution in [0.2, 0.25) is 0 Å². The Balaban J connectivity index is 0.00000101. The van der Waals surface area contributed by atoms with Crippen LogP contribution in [0.4, 0.5) is 11.6 Å². The van der Waals surface area contributed by atoms with Crippen molar-refractivity contribution < 1.29 is 150 Å². The molecular formula is C25H40N7O19P4Y2-5. The number of nitrogens with one attached hydrogen (secondary N) is 2. The molecule has 2 radical (unpaired) electrons. The van der Waals surface area contributed by atoms with Gasteiger partial charge in [-0.15, -0.1) is 0 Å². The Hall–Kier alpha value is -0.332. The molecule has 26 nitrogen and oxygen atoms in total. The zero-order valence-electron chi connectivity index (χ0n) is 30.0. The van der Waals surface area contributed by atoms with Crippen molar-refractivity contribution in [2.75, 3.05) is 13.2 Å². The van der Waals surface area contributed by atoms with E-state index in [-0.39, 0.29) is 89.9 Å². The molecule has 5 heterocycles. The van der Waals surface area contributed by atoms with Crippen molar-refractivity contribution in [2.45, 2.75) is 70.0 Å². The summed E-state index contributed by atoms with van der Waals surface area (Å²) in [5, 5.41) is 20.3. The maximum atomic E-state index is 11.8. The molecule has 57 heavy (non-hydrogen) atoms. The van der Waals surface area contributed by atoms with Crippen LogP contribution in [0.25, 0.3) is 22.5 Å². The predicted octanol–water partition coefficient (Wildman–Crippen LogP) is 2.23. The predicted molar refractivity (Wildman–Crippen MR) is 185 cm³/mol. The summed E-state index contributed by atoms with van der Waals surface area (Å²) >= 11 is 0. The van der Waals surface area contributed by atoms with Crippen LogP contribution in [0.3, 0.4) is 0 Å². The van der Waals surface area contributed by atoms with Gasteiger partial charge in [-0.25, -0.2) is 18.7 Å². The normalized spacial score (nSPS) is 24.6. The van der Waals surface area contributed by atoms with Crippen molar-refractivity contribution in [1.82, 2.24) is 24.1 Å². The van der Waals surface area contributed by atoms with Crippen LogP contribution >= 0.6 is 31.3 Å². The van der Waals surface area contributed by atoms with Crippen LogP contribution in [0.5, 0.6) is 0 Å². The zero-order valence-corrected chi connectivity index (χ0v) is 39.3. The molecule has 0 aromatic carbocycles. The zero-order chi connectivity index (χ0) is 41.9. The van der Waals surface area contributed by atoms with Gasteiger partial charge in [0.1, 0.15) is 30.3 Å². The number of hydrogen-bond acceptors (Lipinski definition) is 17. The minimum atomic E-state index is -5.64. The van der Waals surface area contributed by atoms with E-state index in [4.69, 9.17) is 40.5 Å². The average Bonchev–Trinajstić information content (AvgIpc) is 3.75. The Morgan fingerprint density at radius 3 is 1.84 bits per heavy atom. The Morgan fingerprint density at radius 1 is 0.860 bits per heavy atom. The van der Waals surface area contributed by atoms with E-state index in [1.807, 2.05) is 6.92 Å². The molecular weight excluding hydrogens is 1000 g/mol. The second-order valence-electron chi connectivity index (χ2n) is 10.7. The van der Waals surface area contributed by atoms with Gasteiger partial charge in [0.05, 0.1) is 25.4 Å². The maximum Gasteiger partial charge on any atom is 0.490 e. The third kappa shape index (κ3) is 19.1. The average molecular weight is 1040 g/mol.